The minimum Gasteiger partial charge on any atom is -0.490 e. The van der Waals surface area contributed by atoms with Gasteiger partial charge in [-0.15, -0.1) is 0 Å². The van der Waals surface area contributed by atoms with Crippen molar-refractivity contribution in [2.75, 3.05) is 20.6 Å². The maximum absolute atomic E-state index is 12.4. The number of rotatable bonds is 7. The van der Waals surface area contributed by atoms with Crippen LogP contribution < -0.4 is 9.46 Å². The van der Waals surface area contributed by atoms with Crippen LogP contribution in [-0.2, 0) is 10.0 Å². The summed E-state index contributed by atoms with van der Waals surface area (Å²) in [5, 5.41) is 0. The number of nitrogens with one attached hydrogen (secondary N) is 1. The van der Waals surface area contributed by atoms with Gasteiger partial charge in [0.1, 0.15) is 5.75 Å². The summed E-state index contributed by atoms with van der Waals surface area (Å²) in [6.45, 7) is 4.34. The van der Waals surface area contributed by atoms with Gasteiger partial charge in [-0.2, -0.15) is 0 Å². The normalized spacial score (nSPS) is 16.9. The van der Waals surface area contributed by atoms with Gasteiger partial charge < -0.3 is 9.64 Å². The van der Waals surface area contributed by atoms with Crippen LogP contribution in [-0.4, -0.2) is 45.6 Å². The molecule has 1 aromatic rings. The van der Waals surface area contributed by atoms with Crippen molar-refractivity contribution in [2.45, 2.75) is 56.1 Å². The molecule has 0 spiro atoms. The van der Waals surface area contributed by atoms with Gasteiger partial charge >= 0.3 is 0 Å². The fourth-order valence-electron chi connectivity index (χ4n) is 2.41. The number of ether oxygens (including phenoxy) is 1. The Labute approximate surface area is 140 Å². The minimum atomic E-state index is -3.50. The predicted octanol–water partition coefficient (Wildman–Crippen LogP) is 2.63. The van der Waals surface area contributed by atoms with Gasteiger partial charge in [0.05, 0.1) is 11.0 Å². The summed E-state index contributed by atoms with van der Waals surface area (Å²) in [5.41, 5.74) is -0.251. The Hall–Kier alpha value is -1.11. The molecular weight excluding hydrogens is 312 g/mol. The topological polar surface area (TPSA) is 58.6 Å². The fraction of sp³-hybridized carbons (Fsp3) is 0.647. The van der Waals surface area contributed by atoms with E-state index in [1.807, 2.05) is 32.8 Å². The molecular formula is C17H28N2O3S. The zero-order chi connectivity index (χ0) is 17.1. The monoisotopic (exact) mass is 340 g/mol. The molecule has 1 fully saturated rings. The molecule has 1 aromatic carbocycles. The van der Waals surface area contributed by atoms with E-state index >= 15 is 0 Å². The Bertz CT molecular complexity index is 603. The lowest BCUT2D eigenvalue weighted by atomic mass is 10.1. The van der Waals surface area contributed by atoms with Crippen LogP contribution in [0.3, 0.4) is 0 Å². The van der Waals surface area contributed by atoms with E-state index in [2.05, 4.69) is 4.72 Å². The molecule has 0 aliphatic heterocycles. The number of hydrogen-bond acceptors (Lipinski definition) is 4. The number of benzene rings is 1. The van der Waals surface area contributed by atoms with Crippen molar-refractivity contribution in [1.82, 2.24) is 9.62 Å². The van der Waals surface area contributed by atoms with Gasteiger partial charge in [0, 0.05) is 12.1 Å². The molecule has 0 atom stereocenters. The first-order chi connectivity index (χ1) is 10.7. The molecule has 2 rings (SSSR count). The van der Waals surface area contributed by atoms with E-state index in [4.69, 9.17) is 4.74 Å². The van der Waals surface area contributed by atoms with Gasteiger partial charge in [-0.05, 0) is 77.9 Å². The molecule has 5 nitrogen and oxygen atoms in total. The highest BCUT2D eigenvalue weighted by Crippen LogP contribution is 2.25. The first-order valence-electron chi connectivity index (χ1n) is 8.14. The van der Waals surface area contributed by atoms with E-state index in [-0.39, 0.29) is 16.5 Å². The standard InChI is InChI=1S/C17H28N2O3S/c1-17(2,19(3)4)13-18-23(20,21)16-11-9-15(10-12-16)22-14-7-5-6-8-14/h9-12,14,18H,5-8,13H2,1-4H3. The van der Waals surface area contributed by atoms with Gasteiger partial charge in [0.15, 0.2) is 0 Å². The van der Waals surface area contributed by atoms with E-state index in [1.165, 1.54) is 12.8 Å². The first kappa shape index (κ1) is 18.2. The molecule has 1 aliphatic carbocycles. The molecule has 1 N–H and O–H groups in total. The zero-order valence-electron chi connectivity index (χ0n) is 14.5. The lowest BCUT2D eigenvalue weighted by Gasteiger charge is -2.32. The number of likely N-dealkylation sites (N-methyl/N-ethyl adjacent to an activating group) is 1. The second-order valence-electron chi connectivity index (χ2n) is 7.03. The van der Waals surface area contributed by atoms with Crippen molar-refractivity contribution >= 4 is 10.0 Å². The summed E-state index contributed by atoms with van der Waals surface area (Å²) in [6.07, 6.45) is 4.87. The highest BCUT2D eigenvalue weighted by atomic mass is 32.2. The number of nitrogens with zero attached hydrogens (tertiary/aromatic N) is 1. The number of hydrogen-bond donors (Lipinski definition) is 1. The van der Waals surface area contributed by atoms with Crippen LogP contribution >= 0.6 is 0 Å². The third-order valence-electron chi connectivity index (χ3n) is 4.64. The lowest BCUT2D eigenvalue weighted by Crippen LogP contribution is -2.48. The van der Waals surface area contributed by atoms with E-state index in [0.29, 0.717) is 6.54 Å². The molecule has 6 heteroatoms. The second kappa shape index (κ2) is 7.20. The van der Waals surface area contributed by atoms with Crippen LogP contribution in [0.25, 0.3) is 0 Å². The summed E-state index contributed by atoms with van der Waals surface area (Å²) in [6, 6.07) is 6.69. The summed E-state index contributed by atoms with van der Waals surface area (Å²) in [5.74, 6) is 0.740. The third-order valence-corrected chi connectivity index (χ3v) is 6.06. The van der Waals surface area contributed by atoms with Crippen LogP contribution in [0, 0.1) is 0 Å². The summed E-state index contributed by atoms with van der Waals surface area (Å²) >= 11 is 0. The Kier molecular flexibility index (Phi) is 5.70. The summed E-state index contributed by atoms with van der Waals surface area (Å²) in [7, 11) is 0.365. The molecule has 0 radical (unpaired) electrons. The van der Waals surface area contributed by atoms with Gasteiger partial charge in [0.25, 0.3) is 0 Å². The molecule has 1 saturated carbocycles. The van der Waals surface area contributed by atoms with Crippen molar-refractivity contribution in [1.29, 1.82) is 0 Å². The van der Waals surface area contributed by atoms with Gasteiger partial charge in [-0.25, -0.2) is 13.1 Å². The average Bonchev–Trinajstić information content (AvgIpc) is 2.99. The molecule has 0 amide bonds. The van der Waals surface area contributed by atoms with Crippen molar-refractivity contribution in [2.24, 2.45) is 0 Å². The molecule has 130 valence electrons. The van der Waals surface area contributed by atoms with Gasteiger partial charge in [-0.1, -0.05) is 0 Å². The van der Waals surface area contributed by atoms with E-state index in [0.717, 1.165) is 18.6 Å². The highest BCUT2D eigenvalue weighted by molar-refractivity contribution is 7.89. The smallest absolute Gasteiger partial charge is 0.240 e. The van der Waals surface area contributed by atoms with E-state index in [9.17, 15) is 8.42 Å². The minimum absolute atomic E-state index is 0.251. The Morgan fingerprint density at radius 3 is 2.26 bits per heavy atom. The quantitative estimate of drug-likeness (QED) is 0.829. The molecule has 23 heavy (non-hydrogen) atoms. The highest BCUT2D eigenvalue weighted by Gasteiger charge is 2.24. The van der Waals surface area contributed by atoms with Crippen molar-refractivity contribution in [3.8, 4) is 5.75 Å². The van der Waals surface area contributed by atoms with Crippen LogP contribution in [0.1, 0.15) is 39.5 Å². The largest absolute Gasteiger partial charge is 0.490 e. The molecule has 0 saturated heterocycles. The maximum atomic E-state index is 12.4. The van der Waals surface area contributed by atoms with Crippen molar-refractivity contribution in [3.63, 3.8) is 0 Å². The average molecular weight is 340 g/mol. The molecule has 0 aromatic heterocycles. The summed E-state index contributed by atoms with van der Waals surface area (Å²) in [4.78, 5) is 2.26. The Morgan fingerprint density at radius 1 is 1.17 bits per heavy atom. The first-order valence-corrected chi connectivity index (χ1v) is 9.63. The van der Waals surface area contributed by atoms with Gasteiger partial charge in [-0.3, -0.25) is 0 Å². The Balaban J connectivity index is 1.99. The van der Waals surface area contributed by atoms with Crippen LogP contribution in [0.5, 0.6) is 5.75 Å². The predicted molar refractivity (Wildman–Crippen MR) is 92.3 cm³/mol. The van der Waals surface area contributed by atoms with Crippen LogP contribution in [0.2, 0.25) is 0 Å². The van der Waals surface area contributed by atoms with Crippen LogP contribution in [0.15, 0.2) is 29.2 Å². The molecule has 0 unspecified atom stereocenters. The van der Waals surface area contributed by atoms with E-state index < -0.39 is 10.0 Å². The SMILES string of the molecule is CN(C)C(C)(C)CNS(=O)(=O)c1ccc(OC2CCCC2)cc1. The van der Waals surface area contributed by atoms with E-state index in [1.54, 1.807) is 24.3 Å². The fourth-order valence-corrected chi connectivity index (χ4v) is 3.61. The Morgan fingerprint density at radius 2 is 1.74 bits per heavy atom. The lowest BCUT2D eigenvalue weighted by molar-refractivity contribution is 0.199. The number of sulfonamides is 1. The molecule has 0 bridgehead atoms. The van der Waals surface area contributed by atoms with Crippen molar-refractivity contribution < 1.29 is 13.2 Å². The molecule has 0 heterocycles. The zero-order valence-corrected chi connectivity index (χ0v) is 15.3. The second-order valence-corrected chi connectivity index (χ2v) is 8.79. The van der Waals surface area contributed by atoms with Gasteiger partial charge in [0.2, 0.25) is 10.0 Å². The maximum Gasteiger partial charge on any atom is 0.240 e. The molecule has 1 aliphatic rings. The summed E-state index contributed by atoms with van der Waals surface area (Å²) < 4.78 is 33.3. The van der Waals surface area contributed by atoms with Crippen LogP contribution in [0.4, 0.5) is 0 Å². The van der Waals surface area contributed by atoms with Crippen molar-refractivity contribution in [3.05, 3.63) is 24.3 Å². The third kappa shape index (κ3) is 4.93.